The number of aryl methyl sites for hydroxylation is 1. The number of para-hydroxylation sites is 1. The Hall–Kier alpha value is -4.00. The Bertz CT molecular complexity index is 1440. The van der Waals surface area contributed by atoms with Gasteiger partial charge in [0.2, 0.25) is 0 Å². The van der Waals surface area contributed by atoms with Gasteiger partial charge in [-0.3, -0.25) is 9.36 Å². The van der Waals surface area contributed by atoms with Gasteiger partial charge in [-0.1, -0.05) is 37.3 Å². The zero-order valence-corrected chi connectivity index (χ0v) is 17.3. The van der Waals surface area contributed by atoms with E-state index in [9.17, 15) is 4.79 Å². The van der Waals surface area contributed by atoms with E-state index in [1.165, 1.54) is 6.33 Å². The molecule has 7 nitrogen and oxygen atoms in total. The molecule has 0 radical (unpaired) electrons. The summed E-state index contributed by atoms with van der Waals surface area (Å²) >= 11 is 0. The van der Waals surface area contributed by atoms with E-state index in [0.717, 1.165) is 22.3 Å². The predicted molar refractivity (Wildman–Crippen MR) is 123 cm³/mol. The molecule has 0 bridgehead atoms. The summed E-state index contributed by atoms with van der Waals surface area (Å²) in [6, 6.07) is 17.1. The highest BCUT2D eigenvalue weighted by molar-refractivity contribution is 5.87. The third kappa shape index (κ3) is 3.24. The molecule has 7 heteroatoms. The zero-order valence-electron chi connectivity index (χ0n) is 17.3. The van der Waals surface area contributed by atoms with E-state index in [2.05, 4.69) is 27.2 Å². The summed E-state index contributed by atoms with van der Waals surface area (Å²) in [4.78, 5) is 30.4. The number of anilines is 1. The van der Waals surface area contributed by atoms with Gasteiger partial charge in [-0.2, -0.15) is 0 Å². The van der Waals surface area contributed by atoms with Crippen LogP contribution in [0.1, 0.15) is 30.8 Å². The second kappa shape index (κ2) is 7.68. The highest BCUT2D eigenvalue weighted by Gasteiger charge is 2.22. The summed E-state index contributed by atoms with van der Waals surface area (Å²) in [7, 11) is 0. The molecule has 0 saturated carbocycles. The molecular formula is C24H22N6O. The lowest BCUT2D eigenvalue weighted by atomic mass is 10.1. The fraction of sp³-hybridized carbons (Fsp3) is 0.167. The Kier molecular flexibility index (Phi) is 4.71. The Morgan fingerprint density at radius 2 is 1.90 bits per heavy atom. The van der Waals surface area contributed by atoms with Crippen molar-refractivity contribution in [1.82, 2.24) is 24.5 Å². The van der Waals surface area contributed by atoms with E-state index in [-0.39, 0.29) is 11.6 Å². The lowest BCUT2D eigenvalue weighted by molar-refractivity contribution is 0.659. The second-order valence-electron chi connectivity index (χ2n) is 7.48. The van der Waals surface area contributed by atoms with Gasteiger partial charge in [-0.15, -0.1) is 0 Å². The van der Waals surface area contributed by atoms with Crippen molar-refractivity contribution in [3.63, 3.8) is 0 Å². The molecule has 0 aliphatic heterocycles. The first-order chi connectivity index (χ1) is 15.2. The number of fused-ring (bicyclic) bond motifs is 2. The van der Waals surface area contributed by atoms with Crippen molar-refractivity contribution in [2.75, 3.05) is 5.32 Å². The number of hydrogen-bond acceptors (Lipinski definition) is 5. The van der Waals surface area contributed by atoms with Gasteiger partial charge >= 0.3 is 0 Å². The molecule has 0 amide bonds. The number of aromatic nitrogens is 5. The maximum Gasteiger partial charge on any atom is 0.266 e. The standard InChI is InChI=1S/C24H22N6O/c1-3-18(28-22-17-12-13-25-21(17)26-14-27-22)23-29-19-11-7-8-15(2)20(19)24(31)30(23)16-9-5-4-6-10-16/h4-14,18H,3H2,1-2H3,(H2,25,26,27,28). The molecule has 2 aromatic carbocycles. The van der Waals surface area contributed by atoms with E-state index in [0.29, 0.717) is 29.0 Å². The maximum absolute atomic E-state index is 13.7. The first kappa shape index (κ1) is 19.0. The Labute approximate surface area is 178 Å². The van der Waals surface area contributed by atoms with Crippen molar-refractivity contribution >= 4 is 27.8 Å². The van der Waals surface area contributed by atoms with Crippen LogP contribution in [0.25, 0.3) is 27.6 Å². The molecule has 5 aromatic rings. The minimum atomic E-state index is -0.231. The van der Waals surface area contributed by atoms with Crippen molar-refractivity contribution in [2.24, 2.45) is 0 Å². The van der Waals surface area contributed by atoms with Crippen LogP contribution in [-0.4, -0.2) is 24.5 Å². The number of hydrogen-bond donors (Lipinski definition) is 2. The van der Waals surface area contributed by atoms with Crippen LogP contribution < -0.4 is 10.9 Å². The fourth-order valence-electron chi connectivity index (χ4n) is 3.97. The third-order valence-electron chi connectivity index (χ3n) is 5.53. The summed E-state index contributed by atoms with van der Waals surface area (Å²) in [5.41, 5.74) is 3.09. The average Bonchev–Trinajstić information content (AvgIpc) is 3.27. The van der Waals surface area contributed by atoms with Gasteiger partial charge in [-0.05, 0) is 43.2 Å². The first-order valence-corrected chi connectivity index (χ1v) is 10.3. The Balaban J connectivity index is 1.74. The predicted octanol–water partition coefficient (Wildman–Crippen LogP) is 4.53. The lowest BCUT2D eigenvalue weighted by Crippen LogP contribution is -2.28. The van der Waals surface area contributed by atoms with Crippen LogP contribution in [0, 0.1) is 6.92 Å². The van der Waals surface area contributed by atoms with Crippen LogP contribution in [-0.2, 0) is 0 Å². The molecule has 3 aromatic heterocycles. The monoisotopic (exact) mass is 410 g/mol. The number of nitrogens with zero attached hydrogens (tertiary/aromatic N) is 4. The molecule has 0 aliphatic rings. The van der Waals surface area contributed by atoms with Gasteiger partial charge < -0.3 is 10.3 Å². The van der Waals surface area contributed by atoms with Crippen LogP contribution in [0.2, 0.25) is 0 Å². The lowest BCUT2D eigenvalue weighted by Gasteiger charge is -2.22. The van der Waals surface area contributed by atoms with Crippen molar-refractivity contribution < 1.29 is 0 Å². The van der Waals surface area contributed by atoms with Crippen LogP contribution in [0.5, 0.6) is 0 Å². The maximum atomic E-state index is 13.7. The molecule has 0 saturated heterocycles. The minimum absolute atomic E-state index is 0.0703. The molecule has 0 aliphatic carbocycles. The smallest absolute Gasteiger partial charge is 0.266 e. The van der Waals surface area contributed by atoms with E-state index in [1.807, 2.05) is 67.7 Å². The SMILES string of the molecule is CCC(Nc1ncnc2[nH]ccc12)c1nc2cccc(C)c2c(=O)n1-c1ccccc1. The number of nitrogens with one attached hydrogen (secondary N) is 2. The molecule has 31 heavy (non-hydrogen) atoms. The number of H-pyrrole nitrogens is 1. The van der Waals surface area contributed by atoms with Gasteiger partial charge in [0.15, 0.2) is 0 Å². The summed E-state index contributed by atoms with van der Waals surface area (Å²) in [5, 5.41) is 5.03. The molecule has 5 rings (SSSR count). The van der Waals surface area contributed by atoms with Gasteiger partial charge in [0, 0.05) is 6.20 Å². The van der Waals surface area contributed by atoms with Crippen molar-refractivity contribution in [3.05, 3.63) is 88.9 Å². The molecule has 1 atom stereocenters. The molecule has 1 unspecified atom stereocenters. The van der Waals surface area contributed by atoms with Crippen molar-refractivity contribution in [1.29, 1.82) is 0 Å². The van der Waals surface area contributed by atoms with Gasteiger partial charge in [0.05, 0.1) is 28.0 Å². The van der Waals surface area contributed by atoms with Crippen LogP contribution in [0.4, 0.5) is 5.82 Å². The summed E-state index contributed by atoms with van der Waals surface area (Å²) in [6.45, 7) is 4.01. The van der Waals surface area contributed by atoms with E-state index in [4.69, 9.17) is 4.98 Å². The van der Waals surface area contributed by atoms with Crippen molar-refractivity contribution in [3.8, 4) is 5.69 Å². The van der Waals surface area contributed by atoms with Crippen molar-refractivity contribution in [2.45, 2.75) is 26.3 Å². The Morgan fingerprint density at radius 1 is 1.06 bits per heavy atom. The van der Waals surface area contributed by atoms with E-state index >= 15 is 0 Å². The first-order valence-electron chi connectivity index (χ1n) is 10.3. The molecule has 154 valence electrons. The minimum Gasteiger partial charge on any atom is -0.359 e. The van der Waals surface area contributed by atoms with Crippen LogP contribution in [0.3, 0.4) is 0 Å². The number of aromatic amines is 1. The quantitative estimate of drug-likeness (QED) is 0.444. The highest BCUT2D eigenvalue weighted by atomic mass is 16.1. The number of benzene rings is 2. The highest BCUT2D eigenvalue weighted by Crippen LogP contribution is 2.27. The van der Waals surface area contributed by atoms with Gasteiger partial charge in [-0.25, -0.2) is 15.0 Å². The number of rotatable bonds is 5. The molecule has 0 fully saturated rings. The Morgan fingerprint density at radius 3 is 2.71 bits per heavy atom. The molecule has 3 heterocycles. The molecule has 2 N–H and O–H groups in total. The third-order valence-corrected chi connectivity index (χ3v) is 5.53. The summed E-state index contributed by atoms with van der Waals surface area (Å²) in [6.07, 6.45) is 4.07. The van der Waals surface area contributed by atoms with Gasteiger partial charge in [0.1, 0.15) is 23.6 Å². The van der Waals surface area contributed by atoms with Crippen LogP contribution >= 0.6 is 0 Å². The van der Waals surface area contributed by atoms with Gasteiger partial charge in [0.25, 0.3) is 5.56 Å². The van der Waals surface area contributed by atoms with E-state index < -0.39 is 0 Å². The largest absolute Gasteiger partial charge is 0.359 e. The summed E-state index contributed by atoms with van der Waals surface area (Å²) in [5.74, 6) is 1.36. The molecule has 0 spiro atoms. The van der Waals surface area contributed by atoms with Crippen LogP contribution in [0.15, 0.2) is 71.9 Å². The zero-order chi connectivity index (χ0) is 21.4. The fourth-order valence-corrected chi connectivity index (χ4v) is 3.97. The molecular weight excluding hydrogens is 388 g/mol. The topological polar surface area (TPSA) is 88.5 Å². The van der Waals surface area contributed by atoms with E-state index in [1.54, 1.807) is 4.57 Å². The second-order valence-corrected chi connectivity index (χ2v) is 7.48. The normalized spacial score (nSPS) is 12.3. The average molecular weight is 410 g/mol. The summed E-state index contributed by atoms with van der Waals surface area (Å²) < 4.78 is 1.71.